The number of hydrogen-bond acceptors (Lipinski definition) is 15. The van der Waals surface area contributed by atoms with E-state index in [1.807, 2.05) is 0 Å². The molecule has 1 aliphatic carbocycles. The molecule has 1 saturated heterocycles. The minimum atomic E-state index is -5.73. The van der Waals surface area contributed by atoms with Crippen molar-refractivity contribution in [3.63, 3.8) is 0 Å². The number of aliphatic hydroxyl groups is 2. The maximum atomic E-state index is 12.7. The molecule has 1 aromatic carbocycles. The summed E-state index contributed by atoms with van der Waals surface area (Å²) < 4.78 is 46.5. The normalized spacial score (nSPS) is 29.7. The minimum Gasteiger partial charge on any atom is -0.809 e. The molecule has 2 unspecified atom stereocenters. The van der Waals surface area contributed by atoms with Gasteiger partial charge in [-0.25, -0.2) is 4.79 Å². The molecule has 19 heteroatoms. The largest absolute Gasteiger partial charge is 0.809 e. The van der Waals surface area contributed by atoms with E-state index in [9.17, 15) is 43.6 Å². The van der Waals surface area contributed by atoms with Crippen LogP contribution in [0.15, 0.2) is 47.4 Å². The van der Waals surface area contributed by atoms with E-state index in [4.69, 9.17) is 24.3 Å². The summed E-state index contributed by atoms with van der Waals surface area (Å²) in [5.41, 5.74) is 5.31. The highest BCUT2D eigenvalue weighted by atomic mass is 31.2. The molecule has 2 aromatic rings. The van der Waals surface area contributed by atoms with Gasteiger partial charge in [0.15, 0.2) is 6.23 Å². The van der Waals surface area contributed by atoms with Gasteiger partial charge in [-0.3, -0.25) is 13.9 Å². The Morgan fingerprint density at radius 1 is 1.19 bits per heavy atom. The van der Waals surface area contributed by atoms with Crippen LogP contribution in [0.3, 0.4) is 0 Å². The van der Waals surface area contributed by atoms with Gasteiger partial charge in [0.2, 0.25) is 5.91 Å². The fourth-order valence-corrected chi connectivity index (χ4v) is 7.49. The van der Waals surface area contributed by atoms with Gasteiger partial charge in [0.25, 0.3) is 7.82 Å². The smallest absolute Gasteiger partial charge is 0.351 e. The van der Waals surface area contributed by atoms with Crippen LogP contribution in [0.5, 0.6) is 0 Å². The number of anilines is 1. The number of carbonyl (C=O) groups is 1. The summed E-state index contributed by atoms with van der Waals surface area (Å²) in [4.78, 5) is 64.4. The highest BCUT2D eigenvalue weighted by Gasteiger charge is 2.46. The molecule has 0 spiro atoms. The number of carbonyl (C=O) groups excluding carboxylic acids is 1. The van der Waals surface area contributed by atoms with Crippen LogP contribution in [0.2, 0.25) is 0 Å². The molecule has 1 aliphatic heterocycles. The van der Waals surface area contributed by atoms with Gasteiger partial charge < -0.3 is 59.0 Å². The van der Waals surface area contributed by atoms with E-state index in [0.717, 1.165) is 16.3 Å². The Bertz CT molecular complexity index is 1420. The van der Waals surface area contributed by atoms with Crippen molar-refractivity contribution >= 4 is 27.1 Å². The van der Waals surface area contributed by atoms with Crippen LogP contribution in [-0.4, -0.2) is 68.6 Å². The van der Waals surface area contributed by atoms with Crippen LogP contribution in [-0.2, 0) is 39.1 Å². The number of nitrogen functional groups attached to an aromatic ring is 1. The maximum absolute atomic E-state index is 12.7. The zero-order valence-corrected chi connectivity index (χ0v) is 24.5. The van der Waals surface area contributed by atoms with Crippen LogP contribution >= 0.6 is 15.4 Å². The third kappa shape index (κ3) is 8.56. The molecule has 4 rings (SSSR count). The monoisotopic (exact) mass is 645 g/mol. The van der Waals surface area contributed by atoms with Crippen LogP contribution < -0.4 is 31.4 Å². The van der Waals surface area contributed by atoms with Crippen molar-refractivity contribution in [1.29, 1.82) is 0 Å². The molecular weight excluding hydrogens is 614 g/mol. The van der Waals surface area contributed by atoms with Crippen LogP contribution in [0, 0.1) is 5.92 Å². The number of aliphatic hydroxyl groups excluding tert-OH is 2. The number of hydrogen-bond donors (Lipinski definition) is 4. The summed E-state index contributed by atoms with van der Waals surface area (Å²) in [6.45, 7) is 0.371. The van der Waals surface area contributed by atoms with Crippen molar-refractivity contribution in [2.75, 3.05) is 12.3 Å². The molecule has 0 radical (unpaired) electrons. The lowest BCUT2D eigenvalue weighted by Gasteiger charge is -2.43. The van der Waals surface area contributed by atoms with Gasteiger partial charge in [0, 0.05) is 13.1 Å². The van der Waals surface area contributed by atoms with Crippen molar-refractivity contribution in [1.82, 2.24) is 14.9 Å². The fourth-order valence-electron chi connectivity index (χ4n) is 5.09. The predicted octanol–water partition coefficient (Wildman–Crippen LogP) is -2.31. The first-order chi connectivity index (χ1) is 20.1. The number of benzene rings is 1. The SMILES string of the molecule is CC(=O)N[C@H]1C[C@@H](C(OP(=O)([O-])OC[C@H]2O[C@@H](n3ccc(N)nc3=O)[C@H](O)[C@@H]2O)P(=O)([O-])[O-])C[C@H]1OCc1ccccc1. The molecule has 1 aromatic heterocycles. The molecular formula is C24H31N4O13P2-3. The van der Waals surface area contributed by atoms with E-state index < -0.39 is 82.1 Å². The Balaban J connectivity index is 1.42. The summed E-state index contributed by atoms with van der Waals surface area (Å²) in [6, 6.07) is 9.44. The van der Waals surface area contributed by atoms with Gasteiger partial charge in [0.1, 0.15) is 24.1 Å². The zero-order valence-electron chi connectivity index (χ0n) is 22.7. The third-order valence-corrected chi connectivity index (χ3v) is 9.32. The predicted molar refractivity (Wildman–Crippen MR) is 140 cm³/mol. The number of amides is 1. The first-order valence-electron chi connectivity index (χ1n) is 13.1. The van der Waals surface area contributed by atoms with E-state index in [2.05, 4.69) is 10.3 Å². The molecule has 2 heterocycles. The topological polar surface area (TPSA) is 271 Å². The van der Waals surface area contributed by atoms with E-state index in [1.54, 1.807) is 30.3 Å². The van der Waals surface area contributed by atoms with Gasteiger partial charge >= 0.3 is 5.69 Å². The molecule has 5 N–H and O–H groups in total. The summed E-state index contributed by atoms with van der Waals surface area (Å²) in [7, 11) is -11.3. The van der Waals surface area contributed by atoms with E-state index in [1.165, 1.54) is 13.0 Å². The molecule has 2 aliphatic rings. The number of aromatic nitrogens is 2. The Labute approximate surface area is 245 Å². The van der Waals surface area contributed by atoms with Gasteiger partial charge in [0.05, 0.1) is 31.2 Å². The second-order valence-corrected chi connectivity index (χ2v) is 13.2. The van der Waals surface area contributed by atoms with E-state index >= 15 is 0 Å². The number of ether oxygens (including phenoxy) is 2. The van der Waals surface area contributed by atoms with Crippen molar-refractivity contribution < 1.29 is 57.3 Å². The number of nitrogens with one attached hydrogen (secondary N) is 1. The Morgan fingerprint density at radius 2 is 1.88 bits per heavy atom. The number of phosphoric ester groups is 1. The number of nitrogens with zero attached hydrogens (tertiary/aromatic N) is 2. The highest BCUT2D eigenvalue weighted by molar-refractivity contribution is 7.51. The quantitative estimate of drug-likeness (QED) is 0.177. The maximum Gasteiger partial charge on any atom is 0.351 e. The molecule has 43 heavy (non-hydrogen) atoms. The summed E-state index contributed by atoms with van der Waals surface area (Å²) in [5.74, 6) is -4.16. The highest BCUT2D eigenvalue weighted by Crippen LogP contribution is 2.53. The minimum absolute atomic E-state index is 0.102. The van der Waals surface area contributed by atoms with E-state index in [-0.39, 0.29) is 25.3 Å². The lowest BCUT2D eigenvalue weighted by Crippen LogP contribution is -2.40. The summed E-state index contributed by atoms with van der Waals surface area (Å²) in [5, 5.41) is 23.3. The Morgan fingerprint density at radius 3 is 2.51 bits per heavy atom. The van der Waals surface area contributed by atoms with Crippen LogP contribution in [0.25, 0.3) is 0 Å². The average molecular weight is 645 g/mol. The molecule has 0 bridgehead atoms. The Hall–Kier alpha value is -2.53. The number of phosphoric acid groups is 1. The van der Waals surface area contributed by atoms with Crippen LogP contribution in [0.4, 0.5) is 5.82 Å². The first-order valence-corrected chi connectivity index (χ1v) is 16.2. The van der Waals surface area contributed by atoms with Gasteiger partial charge in [-0.05, 0) is 38.0 Å². The zero-order chi connectivity index (χ0) is 31.5. The lowest BCUT2D eigenvalue weighted by atomic mass is 10.1. The van der Waals surface area contributed by atoms with Gasteiger partial charge in [-0.1, -0.05) is 30.3 Å². The lowest BCUT2D eigenvalue weighted by molar-refractivity contribution is -0.326. The summed E-state index contributed by atoms with van der Waals surface area (Å²) in [6.07, 6.45) is -6.38. The van der Waals surface area contributed by atoms with Crippen LogP contribution in [0.1, 0.15) is 31.6 Å². The van der Waals surface area contributed by atoms with Crippen molar-refractivity contribution in [3.05, 3.63) is 58.6 Å². The molecule has 1 saturated carbocycles. The van der Waals surface area contributed by atoms with Crippen molar-refractivity contribution in [3.8, 4) is 0 Å². The first kappa shape index (κ1) is 33.4. The van der Waals surface area contributed by atoms with Gasteiger partial charge in [-0.15, -0.1) is 0 Å². The van der Waals surface area contributed by atoms with E-state index in [0.29, 0.717) is 0 Å². The third-order valence-electron chi connectivity index (χ3n) is 7.05. The summed E-state index contributed by atoms with van der Waals surface area (Å²) >= 11 is 0. The second-order valence-electron chi connectivity index (χ2n) is 10.2. The molecule has 1 amide bonds. The number of nitrogens with two attached hydrogens (primary N) is 1. The Kier molecular flexibility index (Phi) is 10.6. The molecule has 2 fully saturated rings. The molecule has 238 valence electrons. The second kappa shape index (κ2) is 13.6. The number of rotatable bonds is 12. The average Bonchev–Trinajstić information content (AvgIpc) is 3.44. The standard InChI is InChI=1S/C24H34N4O13P2/c1-13(29)26-16-9-15(10-17(16)38-11-14-5-3-2-4-6-14)23(42(33,34)35)41-43(36,37)39-12-18-20(30)21(31)22(40-18)28-8-7-19(25)27-24(28)32/h2-8,15-18,20-23,30-31H,9-12H2,1H3,(H,26,29)(H,36,37)(H2,25,27,32)(H2,33,34,35)/p-3/t15-,16+,17-,18-,20-,21-,22-,23?/m1/s1. The van der Waals surface area contributed by atoms with Crippen molar-refractivity contribution in [2.24, 2.45) is 5.92 Å². The molecule has 9 atom stereocenters. The van der Waals surface area contributed by atoms with Gasteiger partial charge in [-0.2, -0.15) is 4.98 Å². The fraction of sp³-hybridized carbons (Fsp3) is 0.542. The molecule has 17 nitrogen and oxygen atoms in total. The van der Waals surface area contributed by atoms with Crippen molar-refractivity contribution in [2.45, 2.75) is 68.9 Å².